The Balaban J connectivity index is 1.89. The van der Waals surface area contributed by atoms with E-state index < -0.39 is 0 Å². The number of carbonyl (C=O) groups is 1. The van der Waals surface area contributed by atoms with Crippen LogP contribution >= 0.6 is 0 Å². The van der Waals surface area contributed by atoms with Crippen LogP contribution in [0.25, 0.3) is 11.1 Å². The fourth-order valence-corrected chi connectivity index (χ4v) is 4.19. The Morgan fingerprint density at radius 2 is 1.58 bits per heavy atom. The van der Waals surface area contributed by atoms with Crippen molar-refractivity contribution in [1.82, 2.24) is 9.80 Å². The zero-order valence-electron chi connectivity index (χ0n) is 16.2. The first-order chi connectivity index (χ1) is 12.6. The van der Waals surface area contributed by atoms with Crippen molar-refractivity contribution in [3.05, 3.63) is 60.2 Å². The number of rotatable bonds is 5. The Morgan fingerprint density at radius 1 is 1.00 bits per heavy atom. The van der Waals surface area contributed by atoms with E-state index >= 15 is 0 Å². The fraction of sp³-hybridized carbons (Fsp3) is 0.435. The number of hydrogen-bond donors (Lipinski definition) is 0. The van der Waals surface area contributed by atoms with Gasteiger partial charge < -0.3 is 9.80 Å². The van der Waals surface area contributed by atoms with E-state index in [1.165, 1.54) is 23.1 Å². The van der Waals surface area contributed by atoms with Crippen LogP contribution in [0.5, 0.6) is 0 Å². The molecule has 1 aliphatic heterocycles. The van der Waals surface area contributed by atoms with Crippen LogP contribution in [-0.4, -0.2) is 42.4 Å². The highest BCUT2D eigenvalue weighted by Crippen LogP contribution is 2.39. The van der Waals surface area contributed by atoms with Gasteiger partial charge in [0.05, 0.1) is 5.54 Å². The fourth-order valence-electron chi connectivity index (χ4n) is 4.19. The molecular formula is C23H30N2O. The maximum Gasteiger partial charge on any atom is 0.219 e. The van der Waals surface area contributed by atoms with Crippen molar-refractivity contribution >= 4 is 5.91 Å². The van der Waals surface area contributed by atoms with Crippen LogP contribution in [0.3, 0.4) is 0 Å². The van der Waals surface area contributed by atoms with E-state index in [1.54, 1.807) is 6.92 Å². The number of piperidine rings is 1. The molecule has 1 saturated heterocycles. The Kier molecular flexibility index (Phi) is 5.77. The maximum absolute atomic E-state index is 12.2. The maximum atomic E-state index is 12.2. The summed E-state index contributed by atoms with van der Waals surface area (Å²) in [7, 11) is 1.96. The normalized spacial score (nSPS) is 17.0. The summed E-state index contributed by atoms with van der Waals surface area (Å²) in [5, 5.41) is 0. The standard InChI is InChI=1S/C23H30N2O/c1-4-16-25-17-14-23(15-18-25,24(3)19(2)26)22-12-10-21(11-13-22)20-8-6-5-7-9-20/h5-13H,4,14-18H2,1-3H3. The van der Waals surface area contributed by atoms with Crippen LogP contribution in [0.2, 0.25) is 0 Å². The van der Waals surface area contributed by atoms with E-state index in [1.807, 2.05) is 18.0 Å². The largest absolute Gasteiger partial charge is 0.336 e. The van der Waals surface area contributed by atoms with Crippen LogP contribution in [0.1, 0.15) is 38.7 Å². The summed E-state index contributed by atoms with van der Waals surface area (Å²) in [4.78, 5) is 16.7. The molecule has 0 aliphatic carbocycles. The summed E-state index contributed by atoms with van der Waals surface area (Å²) in [5.74, 6) is 0.140. The SMILES string of the molecule is CCCN1CCC(c2ccc(-c3ccccc3)cc2)(N(C)C(C)=O)CC1. The van der Waals surface area contributed by atoms with E-state index in [0.29, 0.717) is 0 Å². The number of carbonyl (C=O) groups excluding carboxylic acids is 1. The summed E-state index contributed by atoms with van der Waals surface area (Å²) in [6.07, 6.45) is 3.17. The average Bonchev–Trinajstić information content (AvgIpc) is 2.69. The molecule has 0 unspecified atom stereocenters. The predicted octanol–water partition coefficient (Wildman–Crippen LogP) is 4.53. The van der Waals surface area contributed by atoms with Crippen molar-refractivity contribution in [2.75, 3.05) is 26.7 Å². The van der Waals surface area contributed by atoms with Gasteiger partial charge in [-0.1, -0.05) is 61.5 Å². The van der Waals surface area contributed by atoms with Crippen LogP contribution in [0.15, 0.2) is 54.6 Å². The second-order valence-corrected chi connectivity index (χ2v) is 7.39. The lowest BCUT2D eigenvalue weighted by Crippen LogP contribution is -2.53. The molecule has 3 rings (SSSR count). The Morgan fingerprint density at radius 3 is 2.12 bits per heavy atom. The third-order valence-electron chi connectivity index (χ3n) is 5.87. The molecule has 0 atom stereocenters. The molecule has 3 nitrogen and oxygen atoms in total. The lowest BCUT2D eigenvalue weighted by atomic mass is 9.79. The van der Waals surface area contributed by atoms with Crippen LogP contribution in [-0.2, 0) is 10.3 Å². The molecule has 0 aromatic heterocycles. The smallest absolute Gasteiger partial charge is 0.219 e. The molecule has 0 saturated carbocycles. The number of amides is 1. The van der Waals surface area contributed by atoms with Crippen molar-refractivity contribution in [3.8, 4) is 11.1 Å². The zero-order valence-corrected chi connectivity index (χ0v) is 16.2. The van der Waals surface area contributed by atoms with E-state index in [9.17, 15) is 4.79 Å². The number of likely N-dealkylation sites (tertiary alicyclic amines) is 1. The summed E-state index contributed by atoms with van der Waals surface area (Å²) in [6, 6.07) is 19.3. The van der Waals surface area contributed by atoms with Crippen molar-refractivity contribution in [2.45, 2.75) is 38.6 Å². The van der Waals surface area contributed by atoms with Crippen molar-refractivity contribution < 1.29 is 4.79 Å². The summed E-state index contributed by atoms with van der Waals surface area (Å²) in [5.41, 5.74) is 3.51. The Hall–Kier alpha value is -2.13. The molecule has 2 aromatic rings. The number of nitrogens with zero attached hydrogens (tertiary/aromatic N) is 2. The second-order valence-electron chi connectivity index (χ2n) is 7.39. The lowest BCUT2D eigenvalue weighted by Gasteiger charge is -2.47. The zero-order chi connectivity index (χ0) is 18.6. The highest BCUT2D eigenvalue weighted by Gasteiger charge is 2.40. The highest BCUT2D eigenvalue weighted by molar-refractivity contribution is 5.74. The number of hydrogen-bond acceptors (Lipinski definition) is 2. The summed E-state index contributed by atoms with van der Waals surface area (Å²) in [6.45, 7) is 7.15. The van der Waals surface area contributed by atoms with Gasteiger partial charge in [0.25, 0.3) is 0 Å². The molecule has 0 N–H and O–H groups in total. The van der Waals surface area contributed by atoms with Crippen LogP contribution < -0.4 is 0 Å². The van der Waals surface area contributed by atoms with Gasteiger partial charge in [-0.25, -0.2) is 0 Å². The van der Waals surface area contributed by atoms with Crippen LogP contribution in [0.4, 0.5) is 0 Å². The van der Waals surface area contributed by atoms with Gasteiger partial charge in [0, 0.05) is 27.1 Å². The van der Waals surface area contributed by atoms with Gasteiger partial charge >= 0.3 is 0 Å². The van der Waals surface area contributed by atoms with Gasteiger partial charge in [0.15, 0.2) is 0 Å². The van der Waals surface area contributed by atoms with Crippen molar-refractivity contribution in [2.24, 2.45) is 0 Å². The first-order valence-electron chi connectivity index (χ1n) is 9.69. The minimum Gasteiger partial charge on any atom is -0.336 e. The molecule has 0 radical (unpaired) electrons. The van der Waals surface area contributed by atoms with Gasteiger partial charge in [-0.15, -0.1) is 0 Å². The topological polar surface area (TPSA) is 23.6 Å². The minimum absolute atomic E-state index is 0.140. The van der Waals surface area contributed by atoms with Gasteiger partial charge in [-0.3, -0.25) is 4.79 Å². The van der Waals surface area contributed by atoms with E-state index in [-0.39, 0.29) is 11.4 Å². The molecule has 1 heterocycles. The van der Waals surface area contributed by atoms with Gasteiger partial charge in [-0.05, 0) is 42.5 Å². The lowest BCUT2D eigenvalue weighted by molar-refractivity contribution is -0.135. The molecule has 138 valence electrons. The molecular weight excluding hydrogens is 320 g/mol. The number of benzene rings is 2. The quantitative estimate of drug-likeness (QED) is 0.791. The third-order valence-corrected chi connectivity index (χ3v) is 5.87. The highest BCUT2D eigenvalue weighted by atomic mass is 16.2. The van der Waals surface area contributed by atoms with Crippen LogP contribution in [0, 0.1) is 0 Å². The molecule has 0 bridgehead atoms. The van der Waals surface area contributed by atoms with Crippen molar-refractivity contribution in [3.63, 3.8) is 0 Å². The second kappa shape index (κ2) is 8.05. The summed E-state index contributed by atoms with van der Waals surface area (Å²) < 4.78 is 0. The van der Waals surface area contributed by atoms with E-state index in [0.717, 1.165) is 32.5 Å². The molecule has 1 amide bonds. The van der Waals surface area contributed by atoms with Crippen molar-refractivity contribution in [1.29, 1.82) is 0 Å². The van der Waals surface area contributed by atoms with E-state index in [2.05, 4.69) is 60.4 Å². The molecule has 0 spiro atoms. The Labute approximate surface area is 157 Å². The average molecular weight is 351 g/mol. The third kappa shape index (κ3) is 3.68. The molecule has 1 aliphatic rings. The predicted molar refractivity (Wildman–Crippen MR) is 108 cm³/mol. The molecule has 2 aromatic carbocycles. The molecule has 1 fully saturated rings. The molecule has 26 heavy (non-hydrogen) atoms. The minimum atomic E-state index is -0.189. The first kappa shape index (κ1) is 18.7. The summed E-state index contributed by atoms with van der Waals surface area (Å²) >= 11 is 0. The Bertz CT molecular complexity index is 716. The van der Waals surface area contributed by atoms with Gasteiger partial charge in [0.1, 0.15) is 0 Å². The van der Waals surface area contributed by atoms with Gasteiger partial charge in [-0.2, -0.15) is 0 Å². The first-order valence-corrected chi connectivity index (χ1v) is 9.69. The van der Waals surface area contributed by atoms with Gasteiger partial charge in [0.2, 0.25) is 5.91 Å². The van der Waals surface area contributed by atoms with E-state index in [4.69, 9.17) is 0 Å². The molecule has 3 heteroatoms. The monoisotopic (exact) mass is 350 g/mol.